The Hall–Kier alpha value is -2.54. The van der Waals surface area contributed by atoms with Gasteiger partial charge in [0, 0.05) is 24.0 Å². The van der Waals surface area contributed by atoms with Crippen LogP contribution in [0.5, 0.6) is 5.88 Å². The average Bonchev–Trinajstić information content (AvgIpc) is 2.73. The van der Waals surface area contributed by atoms with Crippen molar-refractivity contribution in [2.24, 2.45) is 0 Å². The van der Waals surface area contributed by atoms with Crippen molar-refractivity contribution in [2.45, 2.75) is 26.2 Å². The molecule has 1 aromatic heterocycles. The van der Waals surface area contributed by atoms with Crippen LogP contribution in [0, 0.1) is 12.7 Å². The lowest BCUT2D eigenvalue weighted by atomic mass is 10.1. The van der Waals surface area contributed by atoms with Gasteiger partial charge in [0.15, 0.2) is 0 Å². The van der Waals surface area contributed by atoms with Crippen molar-refractivity contribution >= 4 is 10.9 Å². The van der Waals surface area contributed by atoms with Gasteiger partial charge in [0.1, 0.15) is 12.4 Å². The van der Waals surface area contributed by atoms with Crippen LogP contribution in [0.1, 0.15) is 16.7 Å². The molecular formula is C23H25FN2O3. The van der Waals surface area contributed by atoms with E-state index in [1.54, 1.807) is 6.07 Å². The van der Waals surface area contributed by atoms with Crippen molar-refractivity contribution in [2.75, 3.05) is 26.4 Å². The Balaban J connectivity index is 1.51. The van der Waals surface area contributed by atoms with Crippen molar-refractivity contribution in [3.05, 3.63) is 71.0 Å². The molecule has 0 radical (unpaired) electrons. The molecule has 0 spiro atoms. The molecule has 2 heterocycles. The molecule has 3 aromatic rings. The predicted molar refractivity (Wildman–Crippen MR) is 109 cm³/mol. The zero-order valence-electron chi connectivity index (χ0n) is 16.5. The molecule has 1 atom stereocenters. The monoisotopic (exact) mass is 396 g/mol. The highest BCUT2D eigenvalue weighted by molar-refractivity contribution is 5.80. The summed E-state index contributed by atoms with van der Waals surface area (Å²) in [5.41, 5.74) is 3.77. The summed E-state index contributed by atoms with van der Waals surface area (Å²) < 4.78 is 30.6. The molecule has 5 nitrogen and oxygen atoms in total. The van der Waals surface area contributed by atoms with E-state index in [0.717, 1.165) is 22.0 Å². The zero-order chi connectivity index (χ0) is 20.1. The second-order valence-electron chi connectivity index (χ2n) is 7.27. The fourth-order valence-electron chi connectivity index (χ4n) is 3.37. The summed E-state index contributed by atoms with van der Waals surface area (Å²) in [6.07, 6.45) is 0.0519. The molecule has 2 aromatic carbocycles. The van der Waals surface area contributed by atoms with Gasteiger partial charge in [0.25, 0.3) is 0 Å². The Morgan fingerprint density at radius 3 is 2.93 bits per heavy atom. The van der Waals surface area contributed by atoms with E-state index in [0.29, 0.717) is 38.8 Å². The third-order valence-electron chi connectivity index (χ3n) is 4.85. The molecule has 0 aliphatic carbocycles. The minimum absolute atomic E-state index is 0.0519. The van der Waals surface area contributed by atoms with Gasteiger partial charge in [0.05, 0.1) is 31.4 Å². The van der Waals surface area contributed by atoms with Gasteiger partial charge < -0.3 is 19.5 Å². The zero-order valence-corrected chi connectivity index (χ0v) is 16.5. The normalized spacial score (nSPS) is 16.8. The molecule has 6 heteroatoms. The fraction of sp³-hybridized carbons (Fsp3) is 0.348. The summed E-state index contributed by atoms with van der Waals surface area (Å²) >= 11 is 0. The quantitative estimate of drug-likeness (QED) is 0.659. The number of aryl methyl sites for hydroxylation is 1. The van der Waals surface area contributed by atoms with Crippen LogP contribution in [0.4, 0.5) is 4.39 Å². The van der Waals surface area contributed by atoms with Crippen LogP contribution in [0.3, 0.4) is 0 Å². The summed E-state index contributed by atoms with van der Waals surface area (Å²) in [4.78, 5) is 4.71. The first-order valence-corrected chi connectivity index (χ1v) is 9.85. The van der Waals surface area contributed by atoms with Crippen LogP contribution in [0.25, 0.3) is 10.9 Å². The van der Waals surface area contributed by atoms with E-state index < -0.39 is 0 Å². The van der Waals surface area contributed by atoms with Gasteiger partial charge in [-0.1, -0.05) is 23.8 Å². The molecule has 1 aliphatic rings. The Bertz CT molecular complexity index is 973. The fourth-order valence-corrected chi connectivity index (χ4v) is 3.37. The number of halogens is 1. The van der Waals surface area contributed by atoms with Crippen LogP contribution in [-0.2, 0) is 22.6 Å². The van der Waals surface area contributed by atoms with Crippen molar-refractivity contribution in [1.29, 1.82) is 0 Å². The van der Waals surface area contributed by atoms with Gasteiger partial charge in [-0.3, -0.25) is 0 Å². The van der Waals surface area contributed by atoms with Crippen molar-refractivity contribution < 1.29 is 18.6 Å². The lowest BCUT2D eigenvalue weighted by Gasteiger charge is -2.23. The van der Waals surface area contributed by atoms with Gasteiger partial charge in [-0.15, -0.1) is 0 Å². The maximum atomic E-state index is 13.5. The minimum atomic E-state index is -0.273. The largest absolute Gasteiger partial charge is 0.473 e. The lowest BCUT2D eigenvalue weighted by Crippen LogP contribution is -2.37. The number of hydrogen-bond acceptors (Lipinski definition) is 5. The number of nitrogens with one attached hydrogen (secondary N) is 1. The number of pyridine rings is 1. The number of benzene rings is 2. The average molecular weight is 396 g/mol. The van der Waals surface area contributed by atoms with Crippen molar-refractivity contribution in [1.82, 2.24) is 10.3 Å². The first-order valence-electron chi connectivity index (χ1n) is 9.85. The van der Waals surface area contributed by atoms with E-state index >= 15 is 0 Å². The Kier molecular flexibility index (Phi) is 6.34. The molecule has 0 amide bonds. The summed E-state index contributed by atoms with van der Waals surface area (Å²) in [5, 5.41) is 4.48. The first-order chi connectivity index (χ1) is 14.2. The molecule has 1 fully saturated rings. The summed E-state index contributed by atoms with van der Waals surface area (Å²) in [6.45, 7) is 5.49. The van der Waals surface area contributed by atoms with E-state index in [4.69, 9.17) is 19.2 Å². The first kappa shape index (κ1) is 19.8. The smallest absolute Gasteiger partial charge is 0.218 e. The topological polar surface area (TPSA) is 52.6 Å². The summed E-state index contributed by atoms with van der Waals surface area (Å²) in [5.74, 6) is 0.281. The lowest BCUT2D eigenvalue weighted by molar-refractivity contribution is -0.0864. The highest BCUT2D eigenvalue weighted by atomic mass is 19.1. The molecule has 0 bridgehead atoms. The standard InChI is InChI=1S/C23H25FN2O3/c1-16-5-6-22-18(9-16)11-19(12-25-13-21-15-27-7-8-28-21)23(26-22)29-14-17-3-2-4-20(24)10-17/h2-6,9-11,21,25H,7-8,12-15H2,1H3. The maximum Gasteiger partial charge on any atom is 0.218 e. The van der Waals surface area contributed by atoms with Crippen molar-refractivity contribution in [3.8, 4) is 5.88 Å². The molecule has 152 valence electrons. The van der Waals surface area contributed by atoms with Gasteiger partial charge >= 0.3 is 0 Å². The van der Waals surface area contributed by atoms with Gasteiger partial charge in [-0.2, -0.15) is 0 Å². The summed E-state index contributed by atoms with van der Waals surface area (Å²) in [6, 6.07) is 14.6. The SMILES string of the molecule is Cc1ccc2nc(OCc3cccc(F)c3)c(CNCC3COCCO3)cc2c1. The van der Waals surface area contributed by atoms with Crippen molar-refractivity contribution in [3.63, 3.8) is 0 Å². The Morgan fingerprint density at radius 1 is 1.17 bits per heavy atom. The number of fused-ring (bicyclic) bond motifs is 1. The van der Waals surface area contributed by atoms with Gasteiger partial charge in [-0.05, 0) is 42.8 Å². The highest BCUT2D eigenvalue weighted by Gasteiger charge is 2.15. The molecule has 1 unspecified atom stereocenters. The maximum absolute atomic E-state index is 13.5. The molecule has 1 saturated heterocycles. The molecular weight excluding hydrogens is 371 g/mol. The minimum Gasteiger partial charge on any atom is -0.473 e. The molecule has 1 aliphatic heterocycles. The third-order valence-corrected chi connectivity index (χ3v) is 4.85. The van der Waals surface area contributed by atoms with Crippen LogP contribution >= 0.6 is 0 Å². The molecule has 4 rings (SSSR count). The predicted octanol–water partition coefficient (Wildman–Crippen LogP) is 3.77. The third kappa shape index (κ3) is 5.29. The Labute approximate surface area is 169 Å². The number of hydrogen-bond donors (Lipinski definition) is 1. The van der Waals surface area contributed by atoms with Crippen LogP contribution in [0.15, 0.2) is 48.5 Å². The van der Waals surface area contributed by atoms with Gasteiger partial charge in [0.2, 0.25) is 5.88 Å². The van der Waals surface area contributed by atoms with E-state index in [1.807, 2.05) is 18.2 Å². The second kappa shape index (κ2) is 9.31. The van der Waals surface area contributed by atoms with Gasteiger partial charge in [-0.25, -0.2) is 9.37 Å². The van der Waals surface area contributed by atoms with E-state index in [1.165, 1.54) is 17.7 Å². The van der Waals surface area contributed by atoms with Crippen LogP contribution in [-0.4, -0.2) is 37.5 Å². The van der Waals surface area contributed by atoms with E-state index in [-0.39, 0.29) is 18.5 Å². The number of ether oxygens (including phenoxy) is 3. The Morgan fingerprint density at radius 2 is 2.10 bits per heavy atom. The number of nitrogens with zero attached hydrogens (tertiary/aromatic N) is 1. The van der Waals surface area contributed by atoms with Crippen LogP contribution in [0.2, 0.25) is 0 Å². The second-order valence-corrected chi connectivity index (χ2v) is 7.27. The van der Waals surface area contributed by atoms with E-state index in [9.17, 15) is 4.39 Å². The molecule has 29 heavy (non-hydrogen) atoms. The summed E-state index contributed by atoms with van der Waals surface area (Å²) in [7, 11) is 0. The molecule has 1 N–H and O–H groups in total. The molecule has 0 saturated carbocycles. The highest BCUT2D eigenvalue weighted by Crippen LogP contribution is 2.24. The number of aromatic nitrogens is 1. The van der Waals surface area contributed by atoms with E-state index in [2.05, 4.69) is 24.4 Å². The van der Waals surface area contributed by atoms with Crippen LogP contribution < -0.4 is 10.1 Å². The number of rotatable bonds is 7.